The zero-order chi connectivity index (χ0) is 14.0. The number of hydrogen-bond acceptors (Lipinski definition) is 0. The maximum absolute atomic E-state index is 2.58. The Morgan fingerprint density at radius 2 is 1.16 bits per heavy atom. The number of rotatable bonds is 3. The predicted octanol–water partition coefficient (Wildman–Crippen LogP) is 6.30. The van der Waals surface area contributed by atoms with Crippen molar-refractivity contribution in [3.63, 3.8) is 0 Å². The molecule has 0 heteroatoms. The van der Waals surface area contributed by atoms with Gasteiger partial charge in [0.1, 0.15) is 0 Å². The lowest BCUT2D eigenvalue weighted by Gasteiger charge is -2.47. The second-order valence-electron chi connectivity index (χ2n) is 8.59. The summed E-state index contributed by atoms with van der Waals surface area (Å²) in [5.41, 5.74) is 0.561. The quantitative estimate of drug-likeness (QED) is 0.561. The van der Waals surface area contributed by atoms with Crippen molar-refractivity contribution >= 4 is 0 Å². The molecule has 112 valence electrons. The maximum atomic E-state index is 2.58. The summed E-state index contributed by atoms with van der Waals surface area (Å²) in [6.45, 7) is 12.6. The van der Waals surface area contributed by atoms with Crippen LogP contribution in [0.3, 0.4) is 0 Å². The normalized spacial score (nSPS) is 39.0. The Morgan fingerprint density at radius 3 is 1.63 bits per heavy atom. The third-order valence-electron chi connectivity index (χ3n) is 7.01. The Kier molecular flexibility index (Phi) is 5.01. The van der Waals surface area contributed by atoms with Crippen molar-refractivity contribution in [2.75, 3.05) is 0 Å². The van der Waals surface area contributed by atoms with Crippen LogP contribution < -0.4 is 0 Å². The first kappa shape index (κ1) is 15.4. The first-order valence-electron chi connectivity index (χ1n) is 8.91. The average Bonchev–Trinajstić information content (AvgIpc) is 2.39. The Balaban J connectivity index is 1.94. The fourth-order valence-corrected chi connectivity index (χ4v) is 4.77. The van der Waals surface area contributed by atoms with Crippen LogP contribution in [0, 0.1) is 35.0 Å². The van der Waals surface area contributed by atoms with Gasteiger partial charge in [0, 0.05) is 0 Å². The second-order valence-corrected chi connectivity index (χ2v) is 8.59. The molecular formula is C19H36. The van der Waals surface area contributed by atoms with Crippen molar-refractivity contribution in [2.45, 2.75) is 86.0 Å². The zero-order valence-corrected chi connectivity index (χ0v) is 14.0. The van der Waals surface area contributed by atoms with Gasteiger partial charge in [0.05, 0.1) is 0 Å². The van der Waals surface area contributed by atoms with E-state index in [-0.39, 0.29) is 0 Å². The van der Waals surface area contributed by atoms with Crippen LogP contribution in [0.25, 0.3) is 0 Å². The molecule has 2 aliphatic carbocycles. The van der Waals surface area contributed by atoms with Crippen LogP contribution in [0.4, 0.5) is 0 Å². The summed E-state index contributed by atoms with van der Waals surface area (Å²) in [6, 6.07) is 0. The highest BCUT2D eigenvalue weighted by atomic mass is 14.4. The van der Waals surface area contributed by atoms with E-state index in [9.17, 15) is 0 Å². The van der Waals surface area contributed by atoms with Gasteiger partial charge < -0.3 is 0 Å². The Labute approximate surface area is 121 Å². The minimum Gasteiger partial charge on any atom is -0.0625 e. The van der Waals surface area contributed by atoms with Gasteiger partial charge in [-0.15, -0.1) is 0 Å². The van der Waals surface area contributed by atoms with Crippen molar-refractivity contribution in [1.82, 2.24) is 0 Å². The molecule has 0 spiro atoms. The van der Waals surface area contributed by atoms with E-state index in [1.54, 1.807) is 0 Å². The van der Waals surface area contributed by atoms with Gasteiger partial charge in [0.15, 0.2) is 0 Å². The summed E-state index contributed by atoms with van der Waals surface area (Å²) in [7, 11) is 0. The van der Waals surface area contributed by atoms with Crippen LogP contribution in [0.1, 0.15) is 86.0 Å². The third kappa shape index (κ3) is 3.56. The Hall–Kier alpha value is 0. The van der Waals surface area contributed by atoms with E-state index in [1.807, 2.05) is 0 Å². The summed E-state index contributed by atoms with van der Waals surface area (Å²) in [5.74, 6) is 4.88. The molecule has 0 aromatic heterocycles. The molecule has 2 aliphatic rings. The topological polar surface area (TPSA) is 0 Å². The molecule has 0 nitrogen and oxygen atoms in total. The Bertz CT molecular complexity index is 262. The van der Waals surface area contributed by atoms with Crippen molar-refractivity contribution < 1.29 is 0 Å². The third-order valence-corrected chi connectivity index (χ3v) is 7.01. The molecule has 0 saturated heterocycles. The monoisotopic (exact) mass is 264 g/mol. The fraction of sp³-hybridized carbons (Fsp3) is 1.00. The van der Waals surface area contributed by atoms with Gasteiger partial charge in [-0.3, -0.25) is 0 Å². The summed E-state index contributed by atoms with van der Waals surface area (Å²) < 4.78 is 0. The molecule has 2 fully saturated rings. The molecule has 1 unspecified atom stereocenters. The summed E-state index contributed by atoms with van der Waals surface area (Å²) in [6.07, 6.45) is 11.9. The standard InChI is InChI=1S/C19H36/c1-14-6-10-17(11-7-14)16(3)19(4,5)18-12-8-15(2)9-13-18/h14-18H,6-13H2,1-5H3. The Morgan fingerprint density at radius 1 is 0.737 bits per heavy atom. The van der Waals surface area contributed by atoms with E-state index in [0.717, 1.165) is 29.6 Å². The van der Waals surface area contributed by atoms with Gasteiger partial charge in [-0.25, -0.2) is 0 Å². The largest absolute Gasteiger partial charge is 0.0625 e. The van der Waals surface area contributed by atoms with E-state index in [1.165, 1.54) is 51.4 Å². The molecule has 0 radical (unpaired) electrons. The van der Waals surface area contributed by atoms with Gasteiger partial charge >= 0.3 is 0 Å². The minimum atomic E-state index is 0.561. The van der Waals surface area contributed by atoms with Crippen LogP contribution >= 0.6 is 0 Å². The molecule has 0 amide bonds. The van der Waals surface area contributed by atoms with Crippen LogP contribution in [0.2, 0.25) is 0 Å². The van der Waals surface area contributed by atoms with Gasteiger partial charge in [0.2, 0.25) is 0 Å². The second kappa shape index (κ2) is 6.19. The van der Waals surface area contributed by atoms with Gasteiger partial charge in [-0.05, 0) is 60.7 Å². The molecule has 0 aromatic rings. The van der Waals surface area contributed by atoms with Crippen LogP contribution in [0.15, 0.2) is 0 Å². The first-order chi connectivity index (χ1) is 8.91. The van der Waals surface area contributed by atoms with Crippen molar-refractivity contribution in [2.24, 2.45) is 35.0 Å². The van der Waals surface area contributed by atoms with Crippen LogP contribution in [-0.2, 0) is 0 Å². The van der Waals surface area contributed by atoms with Gasteiger partial charge in [-0.2, -0.15) is 0 Å². The summed E-state index contributed by atoms with van der Waals surface area (Å²) in [4.78, 5) is 0. The fourth-order valence-electron chi connectivity index (χ4n) is 4.77. The zero-order valence-electron chi connectivity index (χ0n) is 14.0. The molecular weight excluding hydrogens is 228 g/mol. The highest BCUT2D eigenvalue weighted by molar-refractivity contribution is 4.90. The van der Waals surface area contributed by atoms with Gasteiger partial charge in [0.25, 0.3) is 0 Å². The highest BCUT2D eigenvalue weighted by Crippen LogP contribution is 2.49. The molecule has 2 saturated carbocycles. The summed E-state index contributed by atoms with van der Waals surface area (Å²) in [5, 5.41) is 0. The SMILES string of the molecule is CC1CCC(C(C)C(C)(C)C2CCC(C)CC2)CC1. The van der Waals surface area contributed by atoms with Crippen LogP contribution in [0.5, 0.6) is 0 Å². The molecule has 0 aliphatic heterocycles. The smallest absolute Gasteiger partial charge is 0.0298 e. The number of hydrogen-bond donors (Lipinski definition) is 0. The lowest BCUT2D eigenvalue weighted by molar-refractivity contribution is 0.0314. The van der Waals surface area contributed by atoms with Crippen molar-refractivity contribution in [1.29, 1.82) is 0 Å². The molecule has 1 atom stereocenters. The van der Waals surface area contributed by atoms with E-state index in [4.69, 9.17) is 0 Å². The maximum Gasteiger partial charge on any atom is -0.0298 e. The van der Waals surface area contributed by atoms with Crippen LogP contribution in [-0.4, -0.2) is 0 Å². The van der Waals surface area contributed by atoms with Crippen molar-refractivity contribution in [3.05, 3.63) is 0 Å². The first-order valence-corrected chi connectivity index (χ1v) is 8.91. The molecule has 19 heavy (non-hydrogen) atoms. The van der Waals surface area contributed by atoms with E-state index < -0.39 is 0 Å². The lowest BCUT2D eigenvalue weighted by Crippen LogP contribution is -2.38. The molecule has 0 aromatic carbocycles. The lowest BCUT2D eigenvalue weighted by atomic mass is 9.59. The average molecular weight is 264 g/mol. The molecule has 0 N–H and O–H groups in total. The van der Waals surface area contributed by atoms with Gasteiger partial charge in [-0.1, -0.05) is 60.3 Å². The highest BCUT2D eigenvalue weighted by Gasteiger charge is 2.40. The summed E-state index contributed by atoms with van der Waals surface area (Å²) >= 11 is 0. The minimum absolute atomic E-state index is 0.561. The van der Waals surface area contributed by atoms with E-state index in [0.29, 0.717) is 5.41 Å². The van der Waals surface area contributed by atoms with Crippen molar-refractivity contribution in [3.8, 4) is 0 Å². The molecule has 2 rings (SSSR count). The van der Waals surface area contributed by atoms with E-state index >= 15 is 0 Å². The molecule has 0 bridgehead atoms. The van der Waals surface area contributed by atoms with E-state index in [2.05, 4.69) is 34.6 Å². The molecule has 0 heterocycles. The predicted molar refractivity (Wildman–Crippen MR) is 85.2 cm³/mol.